The molecule has 1 atom stereocenters. The minimum absolute atomic E-state index is 0.0300. The van der Waals surface area contributed by atoms with Gasteiger partial charge in [-0.05, 0) is 42.7 Å². The molecule has 10 nitrogen and oxygen atoms in total. The minimum Gasteiger partial charge on any atom is -0.485 e. The van der Waals surface area contributed by atoms with Crippen LogP contribution >= 0.6 is 0 Å². The van der Waals surface area contributed by atoms with Crippen molar-refractivity contribution in [2.75, 3.05) is 18.6 Å². The number of ether oxygens (including phenoxy) is 4. The number of aryl methyl sites for hydroxylation is 1. The summed E-state index contributed by atoms with van der Waals surface area (Å²) in [5.74, 6) is -3.15. The molecule has 6 rings (SSSR count). The lowest BCUT2D eigenvalue weighted by molar-refractivity contribution is -0.141. The van der Waals surface area contributed by atoms with E-state index in [1.54, 1.807) is 30.6 Å². The van der Waals surface area contributed by atoms with Crippen molar-refractivity contribution in [1.29, 1.82) is 5.26 Å². The van der Waals surface area contributed by atoms with E-state index in [4.69, 9.17) is 18.9 Å². The Morgan fingerprint density at radius 3 is 2.51 bits per heavy atom. The molecular formula is C35H29F2N5O5. The fourth-order valence-electron chi connectivity index (χ4n) is 5.36. The second-order valence-electron chi connectivity index (χ2n) is 10.7. The molecule has 3 heterocycles. The third-order valence-corrected chi connectivity index (χ3v) is 7.65. The highest BCUT2D eigenvalue weighted by atomic mass is 19.1. The summed E-state index contributed by atoms with van der Waals surface area (Å²) in [5.41, 5.74) is 1.21. The van der Waals surface area contributed by atoms with E-state index in [1.807, 2.05) is 54.1 Å². The van der Waals surface area contributed by atoms with Crippen molar-refractivity contribution in [3.05, 3.63) is 108 Å². The number of esters is 1. The number of nitriles is 1. The van der Waals surface area contributed by atoms with Crippen LogP contribution in [0, 0.1) is 23.0 Å². The van der Waals surface area contributed by atoms with Crippen LogP contribution in [-0.4, -0.2) is 40.2 Å². The molecule has 238 valence electrons. The highest BCUT2D eigenvalue weighted by Gasteiger charge is 2.38. The molecule has 1 aliphatic rings. The molecule has 0 radical (unpaired) electrons. The number of benzene rings is 3. The Balaban J connectivity index is 1.42. The summed E-state index contributed by atoms with van der Waals surface area (Å²) in [7, 11) is 3.05. The van der Waals surface area contributed by atoms with Gasteiger partial charge in [0, 0.05) is 37.6 Å². The van der Waals surface area contributed by atoms with Gasteiger partial charge in [-0.2, -0.15) is 19.0 Å². The second-order valence-corrected chi connectivity index (χ2v) is 10.7. The number of nitrogens with zero attached hydrogens (tertiary/aromatic N) is 5. The van der Waals surface area contributed by atoms with Gasteiger partial charge in [-0.15, -0.1) is 0 Å². The van der Waals surface area contributed by atoms with Crippen LogP contribution in [0.3, 0.4) is 0 Å². The summed E-state index contributed by atoms with van der Waals surface area (Å²) in [6, 6.07) is 21.6. The first-order valence-corrected chi connectivity index (χ1v) is 14.7. The molecule has 5 aromatic rings. The van der Waals surface area contributed by atoms with Crippen LogP contribution in [0.25, 0.3) is 11.4 Å². The van der Waals surface area contributed by atoms with Gasteiger partial charge in [-0.1, -0.05) is 42.5 Å². The quantitative estimate of drug-likeness (QED) is 0.150. The number of methoxy groups -OCH3 is 1. The van der Waals surface area contributed by atoms with Crippen LogP contribution in [0.15, 0.2) is 85.2 Å². The zero-order valence-electron chi connectivity index (χ0n) is 25.5. The molecule has 0 bridgehead atoms. The maximum atomic E-state index is 16.4. The number of aromatic nitrogens is 3. The first-order valence-electron chi connectivity index (χ1n) is 14.7. The number of carbonyl (C=O) groups excluding carboxylic acids is 1. The van der Waals surface area contributed by atoms with Crippen LogP contribution in [0.5, 0.6) is 29.0 Å². The highest BCUT2D eigenvalue weighted by Crippen LogP contribution is 2.42. The lowest BCUT2D eigenvalue weighted by atomic mass is 10.2. The Kier molecular flexibility index (Phi) is 8.97. The lowest BCUT2D eigenvalue weighted by Gasteiger charge is -2.26. The van der Waals surface area contributed by atoms with E-state index in [0.717, 1.165) is 5.56 Å². The topological polar surface area (TPSA) is 112 Å². The third kappa shape index (κ3) is 6.55. The average Bonchev–Trinajstić information content (AvgIpc) is 3.76. The fraction of sp³-hybridized carbons (Fsp3) is 0.200. The number of halogens is 2. The standard InChI is InChI=1S/C35H29F2N5O5/c1-41-17-15-39-32(41)24-10-6-11-25(19-24)46-33-29(36)31(42-16-7-12-26(42)35(43)44-2)30(37)34(40-33)47-28-18-23(20-38)13-14-27(28)45-21-22-8-4-3-5-9-22/h3-6,8-11,13-15,17-19,26H,7,12,16,21H2,1-2H3. The molecule has 2 aromatic heterocycles. The number of hydrogen-bond donors (Lipinski definition) is 0. The predicted octanol–water partition coefficient (Wildman–Crippen LogP) is 6.94. The fourth-order valence-corrected chi connectivity index (χ4v) is 5.36. The number of rotatable bonds is 10. The van der Waals surface area contributed by atoms with Crippen molar-refractivity contribution >= 4 is 11.7 Å². The van der Waals surface area contributed by atoms with E-state index in [2.05, 4.69) is 9.97 Å². The van der Waals surface area contributed by atoms with E-state index >= 15 is 8.78 Å². The number of hydrogen-bond acceptors (Lipinski definition) is 9. The lowest BCUT2D eigenvalue weighted by Crippen LogP contribution is -2.38. The molecule has 12 heteroatoms. The van der Waals surface area contributed by atoms with Crippen LogP contribution in [0.4, 0.5) is 14.5 Å². The summed E-state index contributed by atoms with van der Waals surface area (Å²) in [6.07, 6.45) is 4.24. The van der Waals surface area contributed by atoms with Crippen molar-refractivity contribution in [2.24, 2.45) is 7.05 Å². The first-order chi connectivity index (χ1) is 22.9. The smallest absolute Gasteiger partial charge is 0.328 e. The largest absolute Gasteiger partial charge is 0.485 e. The van der Waals surface area contributed by atoms with E-state index in [1.165, 1.54) is 30.2 Å². The molecule has 0 N–H and O–H groups in total. The Bertz CT molecular complexity index is 1960. The maximum Gasteiger partial charge on any atom is 0.328 e. The Morgan fingerprint density at radius 2 is 1.79 bits per heavy atom. The van der Waals surface area contributed by atoms with E-state index in [-0.39, 0.29) is 36.0 Å². The number of pyridine rings is 1. The molecule has 1 aliphatic heterocycles. The number of imidazole rings is 1. The van der Waals surface area contributed by atoms with E-state index in [0.29, 0.717) is 24.2 Å². The van der Waals surface area contributed by atoms with Gasteiger partial charge in [0.05, 0.1) is 18.7 Å². The van der Waals surface area contributed by atoms with Crippen LogP contribution in [-0.2, 0) is 23.2 Å². The Morgan fingerprint density at radius 1 is 1.00 bits per heavy atom. The molecular weight excluding hydrogens is 608 g/mol. The van der Waals surface area contributed by atoms with Crippen LogP contribution in [0.2, 0.25) is 0 Å². The molecule has 1 fully saturated rings. The van der Waals surface area contributed by atoms with Gasteiger partial charge in [0.15, 0.2) is 11.5 Å². The molecule has 3 aromatic carbocycles. The van der Waals surface area contributed by atoms with Gasteiger partial charge >= 0.3 is 5.97 Å². The molecule has 0 amide bonds. The monoisotopic (exact) mass is 637 g/mol. The Hall–Kier alpha value is -5.96. The van der Waals surface area contributed by atoms with Crippen molar-refractivity contribution in [3.8, 4) is 46.5 Å². The van der Waals surface area contributed by atoms with Gasteiger partial charge in [0.1, 0.15) is 29.9 Å². The minimum atomic E-state index is -1.16. The SMILES string of the molecule is COC(=O)C1CCCN1c1c(F)c(Oc2cccc(-c3nccn3C)c2)nc(Oc2cc(C#N)ccc2OCc2ccccc2)c1F. The molecule has 0 aliphatic carbocycles. The molecule has 0 spiro atoms. The summed E-state index contributed by atoms with van der Waals surface area (Å²) >= 11 is 0. The zero-order valence-corrected chi connectivity index (χ0v) is 25.5. The van der Waals surface area contributed by atoms with Gasteiger partial charge in [0.25, 0.3) is 11.8 Å². The van der Waals surface area contributed by atoms with E-state index < -0.39 is 41.1 Å². The first kappa shape index (κ1) is 31.0. The molecule has 1 saturated heterocycles. The van der Waals surface area contributed by atoms with Crippen molar-refractivity contribution in [1.82, 2.24) is 14.5 Å². The Labute approximate surface area is 269 Å². The predicted molar refractivity (Wildman–Crippen MR) is 167 cm³/mol. The zero-order chi connectivity index (χ0) is 32.9. The summed E-state index contributed by atoms with van der Waals surface area (Å²) in [4.78, 5) is 22.4. The van der Waals surface area contributed by atoms with Crippen molar-refractivity contribution < 1.29 is 32.5 Å². The van der Waals surface area contributed by atoms with Crippen LogP contribution in [0.1, 0.15) is 24.0 Å². The van der Waals surface area contributed by atoms with E-state index in [9.17, 15) is 10.1 Å². The highest BCUT2D eigenvalue weighted by molar-refractivity contribution is 5.81. The molecule has 47 heavy (non-hydrogen) atoms. The molecule has 1 unspecified atom stereocenters. The van der Waals surface area contributed by atoms with Crippen LogP contribution < -0.4 is 19.1 Å². The molecule has 0 saturated carbocycles. The van der Waals surface area contributed by atoms with Gasteiger partial charge in [-0.3, -0.25) is 0 Å². The third-order valence-electron chi connectivity index (χ3n) is 7.65. The van der Waals surface area contributed by atoms with Gasteiger partial charge in [0.2, 0.25) is 11.6 Å². The summed E-state index contributed by atoms with van der Waals surface area (Å²) in [6.45, 7) is 0.323. The van der Waals surface area contributed by atoms with Gasteiger partial charge in [-0.25, -0.2) is 9.78 Å². The number of carbonyl (C=O) groups is 1. The maximum absolute atomic E-state index is 16.4. The summed E-state index contributed by atoms with van der Waals surface area (Å²) < 4.78 is 57.3. The normalized spacial score (nSPS) is 14.0. The van der Waals surface area contributed by atoms with Crippen molar-refractivity contribution in [3.63, 3.8) is 0 Å². The average molecular weight is 638 g/mol. The summed E-state index contributed by atoms with van der Waals surface area (Å²) in [5, 5.41) is 9.56. The van der Waals surface area contributed by atoms with Crippen molar-refractivity contribution in [2.45, 2.75) is 25.5 Å². The van der Waals surface area contributed by atoms with Gasteiger partial charge < -0.3 is 28.4 Å². The second kappa shape index (κ2) is 13.6. The number of anilines is 1.